The summed E-state index contributed by atoms with van der Waals surface area (Å²) in [5.74, 6) is 0.512. The monoisotopic (exact) mass is 532 g/mol. The van der Waals surface area contributed by atoms with Gasteiger partial charge in [-0.2, -0.15) is 0 Å². The van der Waals surface area contributed by atoms with Crippen molar-refractivity contribution in [3.8, 4) is 11.6 Å². The van der Waals surface area contributed by atoms with E-state index in [-0.39, 0.29) is 35.8 Å². The molecule has 2 aromatic carbocycles. The molecule has 2 fully saturated rings. The average molecular weight is 533 g/mol. The average Bonchev–Trinajstić information content (AvgIpc) is 3.53. The van der Waals surface area contributed by atoms with Crippen molar-refractivity contribution in [1.29, 1.82) is 0 Å². The largest absolute Gasteiger partial charge is 0.437 e. The van der Waals surface area contributed by atoms with E-state index in [0.717, 1.165) is 29.5 Å². The summed E-state index contributed by atoms with van der Waals surface area (Å²) in [7, 11) is 0. The van der Waals surface area contributed by atoms with Crippen molar-refractivity contribution in [3.63, 3.8) is 0 Å². The van der Waals surface area contributed by atoms with E-state index in [1.54, 1.807) is 24.4 Å². The Morgan fingerprint density at radius 2 is 1.71 bits per heavy atom. The summed E-state index contributed by atoms with van der Waals surface area (Å²) in [6.45, 7) is 9.31. The van der Waals surface area contributed by atoms with Crippen molar-refractivity contribution in [1.82, 2.24) is 9.97 Å². The molecule has 2 bridgehead atoms. The molecule has 0 saturated carbocycles. The number of Topliss-reactive ketones (excluding diaryl/α,β-unsaturated/α-hetero) is 1. The maximum Gasteiger partial charge on any atom is 0.316 e. The topological polar surface area (TPSA) is 87.6 Å². The van der Waals surface area contributed by atoms with Crippen LogP contribution in [0.2, 0.25) is 5.02 Å². The van der Waals surface area contributed by atoms with Crippen LogP contribution in [0.15, 0.2) is 42.3 Å². The molecule has 0 radical (unpaired) electrons. The summed E-state index contributed by atoms with van der Waals surface area (Å²) in [5, 5.41) is 0.592. The van der Waals surface area contributed by atoms with Gasteiger partial charge in [0.05, 0.1) is 52.3 Å². The molecule has 196 valence electrons. The minimum Gasteiger partial charge on any atom is -0.437 e. The number of aryl methyl sites for hydroxylation is 2. The number of rotatable bonds is 4. The van der Waals surface area contributed by atoms with Gasteiger partial charge in [-0.1, -0.05) is 11.6 Å². The van der Waals surface area contributed by atoms with Crippen LogP contribution in [0.1, 0.15) is 50.3 Å². The van der Waals surface area contributed by atoms with Gasteiger partial charge in [-0.25, -0.2) is 9.97 Å². The predicted molar refractivity (Wildman–Crippen MR) is 143 cm³/mol. The summed E-state index contributed by atoms with van der Waals surface area (Å²) in [4.78, 5) is 35.8. The van der Waals surface area contributed by atoms with E-state index in [9.17, 15) is 9.59 Å². The summed E-state index contributed by atoms with van der Waals surface area (Å²) in [6, 6.07) is 9.05. The van der Waals surface area contributed by atoms with Crippen molar-refractivity contribution in [3.05, 3.63) is 64.0 Å². The van der Waals surface area contributed by atoms with Gasteiger partial charge in [0.15, 0.2) is 5.78 Å². The lowest BCUT2D eigenvalue weighted by atomic mass is 9.80. The lowest BCUT2D eigenvalue weighted by molar-refractivity contribution is -0.149. The molecule has 3 aliphatic rings. The quantitative estimate of drug-likeness (QED) is 0.361. The number of hydrogen-bond donors (Lipinski definition) is 0. The van der Waals surface area contributed by atoms with Crippen LogP contribution in [0, 0.1) is 31.1 Å². The van der Waals surface area contributed by atoms with Gasteiger partial charge >= 0.3 is 5.97 Å². The zero-order valence-electron chi connectivity index (χ0n) is 22.0. The van der Waals surface area contributed by atoms with Crippen molar-refractivity contribution in [2.75, 3.05) is 0 Å². The van der Waals surface area contributed by atoms with Gasteiger partial charge in [0.25, 0.3) is 0 Å². The first-order chi connectivity index (χ1) is 18.0. The van der Waals surface area contributed by atoms with Crippen LogP contribution < -0.4 is 4.74 Å². The Bertz CT molecular complexity index is 1520. The third-order valence-electron chi connectivity index (χ3n) is 7.65. The molecule has 2 saturated heterocycles. The lowest BCUT2D eigenvalue weighted by Gasteiger charge is -2.24. The highest BCUT2D eigenvalue weighted by Gasteiger charge is 2.60. The van der Waals surface area contributed by atoms with E-state index in [0.29, 0.717) is 39.0 Å². The van der Waals surface area contributed by atoms with Crippen molar-refractivity contribution < 1.29 is 23.8 Å². The van der Waals surface area contributed by atoms with Gasteiger partial charge in [-0.3, -0.25) is 9.59 Å². The van der Waals surface area contributed by atoms with E-state index < -0.39 is 5.41 Å². The number of carbonyl (C=O) groups is 2. The summed E-state index contributed by atoms with van der Waals surface area (Å²) >= 11 is 6.05. The Balaban J connectivity index is 1.39. The minimum absolute atomic E-state index is 0.00201. The smallest absolute Gasteiger partial charge is 0.316 e. The Labute approximate surface area is 226 Å². The molecule has 3 heterocycles. The summed E-state index contributed by atoms with van der Waals surface area (Å²) in [5.41, 5.74) is 3.63. The number of ketones is 1. The molecule has 6 rings (SSSR count). The van der Waals surface area contributed by atoms with Gasteiger partial charge in [-0.05, 0) is 94.5 Å². The number of halogens is 1. The third kappa shape index (κ3) is 4.09. The van der Waals surface area contributed by atoms with Crippen LogP contribution in [0.4, 0.5) is 0 Å². The highest BCUT2D eigenvalue weighted by Crippen LogP contribution is 2.55. The summed E-state index contributed by atoms with van der Waals surface area (Å²) in [6.07, 6.45) is 3.06. The molecule has 0 amide bonds. The lowest BCUT2D eigenvalue weighted by Crippen LogP contribution is -2.31. The maximum absolute atomic E-state index is 13.9. The van der Waals surface area contributed by atoms with Crippen molar-refractivity contribution in [2.45, 2.75) is 59.7 Å². The number of nitrogens with zero attached hydrogens (tertiary/aromatic N) is 2. The van der Waals surface area contributed by atoms with Gasteiger partial charge in [-0.15, -0.1) is 0 Å². The van der Waals surface area contributed by atoms with E-state index in [4.69, 9.17) is 25.8 Å². The first-order valence-electron chi connectivity index (χ1n) is 12.9. The zero-order valence-corrected chi connectivity index (χ0v) is 22.8. The number of aromatic nitrogens is 2. The molecule has 3 aromatic rings. The third-order valence-corrected chi connectivity index (χ3v) is 7.88. The second kappa shape index (κ2) is 8.89. The molecule has 1 aromatic heterocycles. The molecular formula is C30H29ClN2O5. The number of fused-ring (bicyclic) bond motifs is 6. The van der Waals surface area contributed by atoms with E-state index in [1.807, 2.05) is 46.8 Å². The molecule has 2 aliphatic heterocycles. The number of carbonyl (C=O) groups excluding carboxylic acids is 2. The Kier molecular flexibility index (Phi) is 5.85. The Hall–Kier alpha value is -3.29. The number of esters is 1. The van der Waals surface area contributed by atoms with Gasteiger partial charge in [0.2, 0.25) is 5.88 Å². The first-order valence-corrected chi connectivity index (χ1v) is 13.3. The molecular weight excluding hydrogens is 504 g/mol. The molecule has 0 spiro atoms. The normalized spacial score (nSPS) is 24.3. The minimum atomic E-state index is -0.703. The molecule has 1 aliphatic carbocycles. The zero-order chi connectivity index (χ0) is 26.9. The number of ether oxygens (including phenoxy) is 3. The predicted octanol–water partition coefficient (Wildman–Crippen LogP) is 6.37. The van der Waals surface area contributed by atoms with Crippen LogP contribution in [0.3, 0.4) is 0 Å². The number of hydrogen-bond acceptors (Lipinski definition) is 7. The fourth-order valence-corrected chi connectivity index (χ4v) is 6.10. The molecule has 38 heavy (non-hydrogen) atoms. The van der Waals surface area contributed by atoms with Crippen molar-refractivity contribution >= 4 is 40.0 Å². The SMILES string of the molecule is Cc1cc(Oc2cnc3cc(Cl)ccc3n2)cc(C)c1C1=C(OC(=O)C(C)(C)C)[C@H]2[C@@H](C1=O)[C@H]1CC[C@@H]2O1. The first kappa shape index (κ1) is 25.0. The number of benzene rings is 2. The fraction of sp³-hybridized carbons (Fsp3) is 0.400. The van der Waals surface area contributed by atoms with E-state index in [2.05, 4.69) is 9.97 Å². The van der Waals surface area contributed by atoms with Crippen LogP contribution in [0.5, 0.6) is 11.6 Å². The van der Waals surface area contributed by atoms with Gasteiger partial charge < -0.3 is 14.2 Å². The Morgan fingerprint density at radius 3 is 2.39 bits per heavy atom. The molecule has 0 unspecified atom stereocenters. The number of allylic oxidation sites excluding steroid dienone is 1. The van der Waals surface area contributed by atoms with Crippen molar-refractivity contribution in [2.24, 2.45) is 17.3 Å². The van der Waals surface area contributed by atoms with Gasteiger partial charge in [0.1, 0.15) is 11.5 Å². The van der Waals surface area contributed by atoms with Crippen LogP contribution >= 0.6 is 11.6 Å². The van der Waals surface area contributed by atoms with Crippen LogP contribution in [0.25, 0.3) is 16.6 Å². The van der Waals surface area contributed by atoms with Gasteiger partial charge in [0, 0.05) is 5.02 Å². The standard InChI is InChI=1S/C30H29ClN2O5/c1-14-10-17(36-22-13-32-19-12-16(31)6-7-18(19)33-22)11-15(2)23(14)26-27(34)24-20-8-9-21(37-20)25(24)28(26)38-29(35)30(3,4)5/h6-7,10-13,20-21,24-25H,8-9H2,1-5H3/t20-,21+,24+,25-/m1/s1. The maximum atomic E-state index is 13.9. The fourth-order valence-electron chi connectivity index (χ4n) is 5.93. The summed E-state index contributed by atoms with van der Waals surface area (Å²) < 4.78 is 18.2. The Morgan fingerprint density at radius 1 is 1.03 bits per heavy atom. The molecule has 4 atom stereocenters. The van der Waals surface area contributed by atoms with Crippen LogP contribution in [-0.2, 0) is 19.1 Å². The highest BCUT2D eigenvalue weighted by molar-refractivity contribution is 6.31. The highest BCUT2D eigenvalue weighted by atomic mass is 35.5. The van der Waals surface area contributed by atoms with Crippen LogP contribution in [-0.4, -0.2) is 33.9 Å². The van der Waals surface area contributed by atoms with E-state index >= 15 is 0 Å². The second-order valence-corrected chi connectivity index (χ2v) is 11.9. The van der Waals surface area contributed by atoms with E-state index in [1.165, 1.54) is 0 Å². The molecule has 0 N–H and O–H groups in total. The molecule has 7 nitrogen and oxygen atoms in total. The second-order valence-electron chi connectivity index (χ2n) is 11.5. The molecule has 8 heteroatoms.